The normalized spacial score (nSPS) is 11.7. The first-order valence-corrected chi connectivity index (χ1v) is 8.56. The zero-order valence-corrected chi connectivity index (χ0v) is 17.1. The SMILES string of the molecule is CN(C)c1nc(N)nc(CN(Cc2nc(N)nc(N(C)C)n2)C(C)(C)C)n1. The second-order valence-electron chi connectivity index (χ2n) is 7.64. The summed E-state index contributed by atoms with van der Waals surface area (Å²) in [7, 11) is 7.43. The van der Waals surface area contributed by atoms with Gasteiger partial charge in [-0.1, -0.05) is 0 Å². The van der Waals surface area contributed by atoms with Crippen LogP contribution in [0.3, 0.4) is 0 Å². The van der Waals surface area contributed by atoms with Crippen molar-refractivity contribution in [2.75, 3.05) is 49.5 Å². The van der Waals surface area contributed by atoms with Gasteiger partial charge in [0.2, 0.25) is 23.8 Å². The molecule has 0 saturated carbocycles. The molecule has 0 fully saturated rings. The minimum atomic E-state index is -0.195. The zero-order valence-electron chi connectivity index (χ0n) is 17.1. The van der Waals surface area contributed by atoms with Crippen molar-refractivity contribution in [1.29, 1.82) is 0 Å². The Balaban J connectivity index is 2.33. The highest BCUT2D eigenvalue weighted by molar-refractivity contribution is 5.33. The lowest BCUT2D eigenvalue weighted by Gasteiger charge is -2.34. The molecule has 0 bridgehead atoms. The fraction of sp³-hybridized carbons (Fsp3) is 0.625. The summed E-state index contributed by atoms with van der Waals surface area (Å²) >= 11 is 0. The van der Waals surface area contributed by atoms with E-state index in [1.807, 2.05) is 28.2 Å². The summed E-state index contributed by atoms with van der Waals surface area (Å²) in [5.74, 6) is 2.58. The number of aromatic nitrogens is 6. The van der Waals surface area contributed by atoms with Crippen molar-refractivity contribution < 1.29 is 0 Å². The van der Waals surface area contributed by atoms with Gasteiger partial charge in [-0.3, -0.25) is 4.90 Å². The Labute approximate surface area is 159 Å². The van der Waals surface area contributed by atoms with E-state index in [4.69, 9.17) is 11.5 Å². The van der Waals surface area contributed by atoms with E-state index in [2.05, 4.69) is 55.6 Å². The van der Waals surface area contributed by atoms with Crippen molar-refractivity contribution >= 4 is 23.8 Å². The molecule has 0 aromatic carbocycles. The van der Waals surface area contributed by atoms with Gasteiger partial charge < -0.3 is 21.3 Å². The second-order valence-corrected chi connectivity index (χ2v) is 7.64. The molecule has 0 aliphatic carbocycles. The highest BCUT2D eigenvalue weighted by Gasteiger charge is 2.25. The third kappa shape index (κ3) is 5.58. The molecule has 2 aromatic heterocycles. The maximum absolute atomic E-state index is 5.85. The van der Waals surface area contributed by atoms with Crippen LogP contribution in [0.15, 0.2) is 0 Å². The first-order chi connectivity index (χ1) is 12.5. The highest BCUT2D eigenvalue weighted by Crippen LogP contribution is 2.20. The molecule has 11 heteroatoms. The Morgan fingerprint density at radius 1 is 0.667 bits per heavy atom. The molecule has 4 N–H and O–H groups in total. The Hall–Kier alpha value is -2.82. The summed E-state index contributed by atoms with van der Waals surface area (Å²) in [6.07, 6.45) is 0. The van der Waals surface area contributed by atoms with E-state index < -0.39 is 0 Å². The number of anilines is 4. The molecule has 11 nitrogen and oxygen atoms in total. The quantitative estimate of drug-likeness (QED) is 0.713. The van der Waals surface area contributed by atoms with E-state index in [-0.39, 0.29) is 17.4 Å². The van der Waals surface area contributed by atoms with E-state index >= 15 is 0 Å². The molecular formula is C16H29N11. The van der Waals surface area contributed by atoms with Gasteiger partial charge in [-0.25, -0.2) is 0 Å². The van der Waals surface area contributed by atoms with E-state index in [1.165, 1.54) is 0 Å². The smallest absolute Gasteiger partial charge is 0.229 e. The number of nitrogens with two attached hydrogens (primary N) is 2. The van der Waals surface area contributed by atoms with Gasteiger partial charge in [0.05, 0.1) is 13.1 Å². The van der Waals surface area contributed by atoms with Crippen molar-refractivity contribution in [2.24, 2.45) is 0 Å². The van der Waals surface area contributed by atoms with Crippen molar-refractivity contribution in [3.8, 4) is 0 Å². The molecule has 0 radical (unpaired) electrons. The van der Waals surface area contributed by atoms with Gasteiger partial charge in [0, 0.05) is 33.7 Å². The summed E-state index contributed by atoms with van der Waals surface area (Å²) < 4.78 is 0. The van der Waals surface area contributed by atoms with Crippen LogP contribution in [0.25, 0.3) is 0 Å². The van der Waals surface area contributed by atoms with Crippen molar-refractivity contribution in [3.63, 3.8) is 0 Å². The Morgan fingerprint density at radius 2 is 1.04 bits per heavy atom. The van der Waals surface area contributed by atoms with Crippen LogP contribution in [0.2, 0.25) is 0 Å². The van der Waals surface area contributed by atoms with Crippen molar-refractivity contribution in [1.82, 2.24) is 34.8 Å². The second kappa shape index (κ2) is 7.82. The summed E-state index contributed by atoms with van der Waals surface area (Å²) in [6.45, 7) is 7.21. The van der Waals surface area contributed by atoms with Gasteiger partial charge in [0.25, 0.3) is 0 Å². The fourth-order valence-corrected chi connectivity index (χ4v) is 2.26. The first kappa shape index (κ1) is 20.5. The molecule has 2 aromatic rings. The maximum atomic E-state index is 5.85. The molecule has 0 atom stereocenters. The van der Waals surface area contributed by atoms with E-state index in [9.17, 15) is 0 Å². The maximum Gasteiger partial charge on any atom is 0.229 e. The van der Waals surface area contributed by atoms with Gasteiger partial charge in [0.15, 0.2) is 0 Å². The van der Waals surface area contributed by atoms with Crippen LogP contribution in [0.1, 0.15) is 32.4 Å². The van der Waals surface area contributed by atoms with Gasteiger partial charge in [-0.2, -0.15) is 29.9 Å². The van der Waals surface area contributed by atoms with Crippen LogP contribution < -0.4 is 21.3 Å². The van der Waals surface area contributed by atoms with E-state index in [0.717, 1.165) is 0 Å². The van der Waals surface area contributed by atoms with Crippen LogP contribution in [0, 0.1) is 0 Å². The van der Waals surface area contributed by atoms with Gasteiger partial charge in [-0.15, -0.1) is 0 Å². The molecule has 27 heavy (non-hydrogen) atoms. The minimum absolute atomic E-state index is 0.192. The molecule has 0 saturated heterocycles. The van der Waals surface area contributed by atoms with Crippen LogP contribution in [-0.4, -0.2) is 68.5 Å². The van der Waals surface area contributed by atoms with Crippen molar-refractivity contribution in [3.05, 3.63) is 11.6 Å². The predicted octanol–water partition coefficient (Wildman–Crippen LogP) is 0.154. The zero-order chi connectivity index (χ0) is 20.4. The number of hydrogen-bond acceptors (Lipinski definition) is 11. The number of nitrogen functional groups attached to an aromatic ring is 2. The molecular weight excluding hydrogens is 346 g/mol. The molecule has 2 heterocycles. The van der Waals surface area contributed by atoms with E-state index in [1.54, 1.807) is 9.80 Å². The van der Waals surface area contributed by atoms with Crippen LogP contribution in [-0.2, 0) is 13.1 Å². The molecule has 0 aliphatic heterocycles. The number of rotatable bonds is 6. The average molecular weight is 375 g/mol. The Kier molecular flexibility index (Phi) is 5.94. The predicted molar refractivity (Wildman–Crippen MR) is 106 cm³/mol. The summed E-state index contributed by atoms with van der Waals surface area (Å²) in [5, 5.41) is 0. The third-order valence-corrected chi connectivity index (χ3v) is 3.79. The van der Waals surface area contributed by atoms with Gasteiger partial charge >= 0.3 is 0 Å². The molecule has 0 amide bonds. The summed E-state index contributed by atoms with van der Waals surface area (Å²) in [5.41, 5.74) is 11.5. The highest BCUT2D eigenvalue weighted by atomic mass is 15.3. The molecule has 0 spiro atoms. The molecule has 2 rings (SSSR count). The Bertz CT molecular complexity index is 723. The Morgan fingerprint density at radius 3 is 1.33 bits per heavy atom. The standard InChI is InChI=1S/C16H29N11/c1-16(2,3)27(8-10-19-12(17)23-14(21-10)25(4)5)9-11-20-13(18)24-15(22-11)26(6)7/h8-9H2,1-7H3,(H2,17,19,21,23)(H2,18,20,22,24). The molecule has 0 unspecified atom stereocenters. The average Bonchev–Trinajstić information content (AvgIpc) is 2.52. The summed E-state index contributed by atoms with van der Waals surface area (Å²) in [6, 6.07) is 0. The monoisotopic (exact) mass is 375 g/mol. The van der Waals surface area contributed by atoms with E-state index in [0.29, 0.717) is 36.6 Å². The fourth-order valence-electron chi connectivity index (χ4n) is 2.26. The summed E-state index contributed by atoms with van der Waals surface area (Å²) in [4.78, 5) is 31.5. The van der Waals surface area contributed by atoms with Gasteiger partial charge in [-0.05, 0) is 20.8 Å². The lowest BCUT2D eigenvalue weighted by molar-refractivity contribution is 0.111. The number of hydrogen-bond donors (Lipinski definition) is 2. The largest absolute Gasteiger partial charge is 0.368 e. The van der Waals surface area contributed by atoms with Gasteiger partial charge in [0.1, 0.15) is 11.6 Å². The third-order valence-electron chi connectivity index (χ3n) is 3.79. The first-order valence-electron chi connectivity index (χ1n) is 8.56. The minimum Gasteiger partial charge on any atom is -0.368 e. The van der Waals surface area contributed by atoms with Crippen LogP contribution in [0.5, 0.6) is 0 Å². The molecule has 148 valence electrons. The lowest BCUT2D eigenvalue weighted by Crippen LogP contribution is -2.41. The molecule has 0 aliphatic rings. The number of nitrogens with zero attached hydrogens (tertiary/aromatic N) is 9. The lowest BCUT2D eigenvalue weighted by atomic mass is 10.1. The van der Waals surface area contributed by atoms with Crippen LogP contribution >= 0.6 is 0 Å². The topological polar surface area (TPSA) is 139 Å². The van der Waals surface area contributed by atoms with Crippen LogP contribution in [0.4, 0.5) is 23.8 Å². The van der Waals surface area contributed by atoms with Crippen molar-refractivity contribution in [2.45, 2.75) is 39.4 Å².